The SMILES string of the molecule is CC(C)CN(CC(=O)O)C(=O)Cn1cc(-c2ccccc2)nn1. The number of rotatable bonds is 7. The molecule has 0 atom stereocenters. The smallest absolute Gasteiger partial charge is 0.323 e. The molecule has 1 amide bonds. The number of carboxylic acids is 1. The Morgan fingerprint density at radius 2 is 1.96 bits per heavy atom. The summed E-state index contributed by atoms with van der Waals surface area (Å²) in [4.78, 5) is 24.5. The zero-order valence-electron chi connectivity index (χ0n) is 13.2. The molecule has 0 saturated carbocycles. The van der Waals surface area contributed by atoms with Crippen LogP contribution in [0.3, 0.4) is 0 Å². The molecule has 0 aliphatic carbocycles. The molecule has 2 aromatic rings. The van der Waals surface area contributed by atoms with Crippen molar-refractivity contribution in [2.24, 2.45) is 5.92 Å². The van der Waals surface area contributed by atoms with Gasteiger partial charge in [-0.2, -0.15) is 0 Å². The number of amides is 1. The molecule has 1 aromatic carbocycles. The number of benzene rings is 1. The van der Waals surface area contributed by atoms with Crippen LogP contribution in [0.1, 0.15) is 13.8 Å². The molecule has 0 fully saturated rings. The molecule has 23 heavy (non-hydrogen) atoms. The minimum Gasteiger partial charge on any atom is -0.480 e. The van der Waals surface area contributed by atoms with E-state index in [0.717, 1.165) is 5.56 Å². The summed E-state index contributed by atoms with van der Waals surface area (Å²) < 4.78 is 1.43. The minimum atomic E-state index is -1.03. The second-order valence-electron chi connectivity index (χ2n) is 5.73. The fourth-order valence-corrected chi connectivity index (χ4v) is 2.21. The van der Waals surface area contributed by atoms with Gasteiger partial charge in [0.1, 0.15) is 18.8 Å². The third-order valence-electron chi connectivity index (χ3n) is 3.17. The number of aliphatic carboxylic acids is 1. The highest BCUT2D eigenvalue weighted by atomic mass is 16.4. The molecule has 7 heteroatoms. The van der Waals surface area contributed by atoms with Crippen LogP contribution in [0, 0.1) is 5.92 Å². The molecule has 0 spiro atoms. The molecular formula is C16H20N4O3. The van der Waals surface area contributed by atoms with Crippen molar-refractivity contribution in [3.8, 4) is 11.3 Å². The molecule has 1 aromatic heterocycles. The molecule has 1 heterocycles. The molecule has 7 nitrogen and oxygen atoms in total. The van der Waals surface area contributed by atoms with Crippen molar-refractivity contribution in [1.82, 2.24) is 19.9 Å². The Bertz CT molecular complexity index is 667. The highest BCUT2D eigenvalue weighted by Crippen LogP contribution is 2.14. The first-order chi connectivity index (χ1) is 11.0. The van der Waals surface area contributed by atoms with Crippen LogP contribution in [0.2, 0.25) is 0 Å². The van der Waals surface area contributed by atoms with Crippen molar-refractivity contribution in [3.63, 3.8) is 0 Å². The largest absolute Gasteiger partial charge is 0.480 e. The molecule has 0 bridgehead atoms. The minimum absolute atomic E-state index is 0.0279. The summed E-state index contributed by atoms with van der Waals surface area (Å²) in [6.45, 7) is 3.93. The van der Waals surface area contributed by atoms with Crippen molar-refractivity contribution in [1.29, 1.82) is 0 Å². The highest BCUT2D eigenvalue weighted by Gasteiger charge is 2.19. The van der Waals surface area contributed by atoms with Crippen molar-refractivity contribution in [3.05, 3.63) is 36.5 Å². The van der Waals surface area contributed by atoms with Gasteiger partial charge in [-0.05, 0) is 5.92 Å². The van der Waals surface area contributed by atoms with Crippen LogP contribution in [-0.4, -0.2) is 50.0 Å². The van der Waals surface area contributed by atoms with Crippen LogP contribution in [0.25, 0.3) is 11.3 Å². The first-order valence-electron chi connectivity index (χ1n) is 7.41. The van der Waals surface area contributed by atoms with Gasteiger partial charge in [0.2, 0.25) is 5.91 Å². The van der Waals surface area contributed by atoms with Crippen LogP contribution in [0.4, 0.5) is 0 Å². The van der Waals surface area contributed by atoms with Crippen molar-refractivity contribution in [2.45, 2.75) is 20.4 Å². The lowest BCUT2D eigenvalue weighted by molar-refractivity contribution is -0.145. The first-order valence-corrected chi connectivity index (χ1v) is 7.41. The summed E-state index contributed by atoms with van der Waals surface area (Å²) in [6, 6.07) is 9.53. The molecular weight excluding hydrogens is 296 g/mol. The third-order valence-corrected chi connectivity index (χ3v) is 3.17. The van der Waals surface area contributed by atoms with Crippen molar-refractivity contribution < 1.29 is 14.7 Å². The lowest BCUT2D eigenvalue weighted by atomic mass is 10.2. The molecule has 122 valence electrons. The number of carboxylic acid groups (broad SMARTS) is 1. The second kappa shape index (κ2) is 7.53. The van der Waals surface area contributed by atoms with Crippen molar-refractivity contribution in [2.75, 3.05) is 13.1 Å². The second-order valence-corrected chi connectivity index (χ2v) is 5.73. The molecule has 0 unspecified atom stereocenters. The van der Waals surface area contributed by atoms with Gasteiger partial charge in [0.05, 0.1) is 6.20 Å². The summed E-state index contributed by atoms with van der Waals surface area (Å²) in [5.74, 6) is -1.12. The van der Waals surface area contributed by atoms with Crippen molar-refractivity contribution >= 4 is 11.9 Å². The number of hydrogen-bond acceptors (Lipinski definition) is 4. The third kappa shape index (κ3) is 4.91. The lowest BCUT2D eigenvalue weighted by Crippen LogP contribution is -2.40. The predicted octanol–water partition coefficient (Wildman–Crippen LogP) is 1.51. The van der Waals surface area contributed by atoms with Gasteiger partial charge in [0.15, 0.2) is 0 Å². The Kier molecular flexibility index (Phi) is 5.46. The Labute approximate surface area is 134 Å². The number of nitrogens with zero attached hydrogens (tertiary/aromatic N) is 4. The quantitative estimate of drug-likeness (QED) is 0.836. The van der Waals surface area contributed by atoms with Crippen LogP contribution in [0.15, 0.2) is 36.5 Å². The van der Waals surface area contributed by atoms with E-state index in [0.29, 0.717) is 12.2 Å². The van der Waals surface area contributed by atoms with E-state index < -0.39 is 5.97 Å². The van der Waals surface area contributed by atoms with Gasteiger partial charge in [0.25, 0.3) is 0 Å². The summed E-state index contributed by atoms with van der Waals surface area (Å²) >= 11 is 0. The highest BCUT2D eigenvalue weighted by molar-refractivity contribution is 5.81. The fourth-order valence-electron chi connectivity index (χ4n) is 2.21. The van der Waals surface area contributed by atoms with Gasteiger partial charge in [-0.3, -0.25) is 9.59 Å². The summed E-state index contributed by atoms with van der Waals surface area (Å²) in [5.41, 5.74) is 1.59. The Balaban J connectivity index is 2.06. The topological polar surface area (TPSA) is 88.3 Å². The fraction of sp³-hybridized carbons (Fsp3) is 0.375. The maximum Gasteiger partial charge on any atom is 0.323 e. The molecule has 0 aliphatic heterocycles. The van der Waals surface area contributed by atoms with E-state index >= 15 is 0 Å². The van der Waals surface area contributed by atoms with E-state index in [1.165, 1.54) is 9.58 Å². The Morgan fingerprint density at radius 1 is 1.26 bits per heavy atom. The predicted molar refractivity (Wildman–Crippen MR) is 84.5 cm³/mol. The average Bonchev–Trinajstić information content (AvgIpc) is 2.95. The summed E-state index contributed by atoms with van der Waals surface area (Å²) in [6.07, 6.45) is 1.68. The molecule has 1 N–H and O–H groups in total. The standard InChI is InChI=1S/C16H20N4O3/c1-12(2)8-19(11-16(22)23)15(21)10-20-9-14(17-18-20)13-6-4-3-5-7-13/h3-7,9,12H,8,10-11H2,1-2H3,(H,22,23). The van der Waals surface area contributed by atoms with Gasteiger partial charge in [-0.25, -0.2) is 4.68 Å². The number of hydrogen-bond donors (Lipinski definition) is 1. The number of carbonyl (C=O) groups is 2. The van der Waals surface area contributed by atoms with E-state index in [4.69, 9.17) is 5.11 Å². The summed E-state index contributed by atoms with van der Waals surface area (Å²) in [7, 11) is 0. The van der Waals surface area contributed by atoms with Crippen LogP contribution in [0.5, 0.6) is 0 Å². The lowest BCUT2D eigenvalue weighted by Gasteiger charge is -2.22. The monoisotopic (exact) mass is 316 g/mol. The van der Waals surface area contributed by atoms with E-state index in [1.807, 2.05) is 44.2 Å². The van der Waals surface area contributed by atoms with E-state index in [9.17, 15) is 9.59 Å². The van der Waals surface area contributed by atoms with Crippen LogP contribution >= 0.6 is 0 Å². The zero-order valence-corrected chi connectivity index (χ0v) is 13.2. The Hall–Kier alpha value is -2.70. The van der Waals surface area contributed by atoms with Gasteiger partial charge in [-0.1, -0.05) is 49.4 Å². The normalized spacial score (nSPS) is 10.7. The molecule has 0 saturated heterocycles. The zero-order chi connectivity index (χ0) is 16.8. The molecule has 2 rings (SSSR count). The maximum atomic E-state index is 12.3. The van der Waals surface area contributed by atoms with Gasteiger partial charge >= 0.3 is 5.97 Å². The molecule has 0 aliphatic rings. The van der Waals surface area contributed by atoms with Gasteiger partial charge in [0, 0.05) is 12.1 Å². The maximum absolute atomic E-state index is 12.3. The van der Waals surface area contributed by atoms with E-state index in [-0.39, 0.29) is 24.9 Å². The first kappa shape index (κ1) is 16.7. The van der Waals surface area contributed by atoms with Crippen LogP contribution in [-0.2, 0) is 16.1 Å². The average molecular weight is 316 g/mol. The number of carbonyl (C=O) groups excluding carboxylic acids is 1. The summed E-state index contributed by atoms with van der Waals surface area (Å²) in [5, 5.41) is 16.9. The van der Waals surface area contributed by atoms with Crippen LogP contribution < -0.4 is 0 Å². The van der Waals surface area contributed by atoms with E-state index in [1.54, 1.807) is 6.20 Å². The Morgan fingerprint density at radius 3 is 2.57 bits per heavy atom. The number of aromatic nitrogens is 3. The van der Waals surface area contributed by atoms with Gasteiger partial charge < -0.3 is 10.0 Å². The van der Waals surface area contributed by atoms with E-state index in [2.05, 4.69) is 10.3 Å². The molecule has 0 radical (unpaired) electrons. The van der Waals surface area contributed by atoms with Gasteiger partial charge in [-0.15, -0.1) is 5.10 Å².